The second kappa shape index (κ2) is 4.52. The van der Waals surface area contributed by atoms with Gasteiger partial charge in [0, 0.05) is 24.6 Å². The van der Waals surface area contributed by atoms with E-state index in [4.69, 9.17) is 11.5 Å². The molecule has 0 saturated heterocycles. The predicted molar refractivity (Wildman–Crippen MR) is 53.8 cm³/mol. The van der Waals surface area contributed by atoms with Gasteiger partial charge < -0.3 is 11.5 Å². The van der Waals surface area contributed by atoms with Crippen LogP contribution in [0.5, 0.6) is 0 Å². The Morgan fingerprint density at radius 3 is 2.73 bits per heavy atom. The number of carbonyl (C=O) groups is 1. The molecule has 4 N–H and O–H groups in total. The standard InChI is InChI=1S/C9H11N3O3/c10-8(5-9(11)13)6-2-1-3-7(4-6)12(14)15/h1-4,8H,5,10H2,(H2,11,13)/t8-/m0/s1. The van der Waals surface area contributed by atoms with Crippen LogP contribution in [-0.4, -0.2) is 10.8 Å². The van der Waals surface area contributed by atoms with Crippen LogP contribution in [0.3, 0.4) is 0 Å². The molecule has 0 bridgehead atoms. The molecule has 0 aromatic heterocycles. The molecule has 80 valence electrons. The Hall–Kier alpha value is -1.95. The lowest BCUT2D eigenvalue weighted by atomic mass is 10.0. The van der Waals surface area contributed by atoms with E-state index in [1.54, 1.807) is 6.07 Å². The molecule has 0 fully saturated rings. The first-order chi connectivity index (χ1) is 7.00. The Labute approximate surface area is 86.0 Å². The van der Waals surface area contributed by atoms with Crippen LogP contribution in [0.15, 0.2) is 24.3 Å². The first kappa shape index (κ1) is 11.1. The lowest BCUT2D eigenvalue weighted by Crippen LogP contribution is -2.20. The van der Waals surface area contributed by atoms with Crippen LogP contribution in [0.4, 0.5) is 5.69 Å². The van der Waals surface area contributed by atoms with Crippen molar-refractivity contribution in [2.75, 3.05) is 0 Å². The molecule has 0 aliphatic rings. The highest BCUT2D eigenvalue weighted by atomic mass is 16.6. The minimum Gasteiger partial charge on any atom is -0.370 e. The topological polar surface area (TPSA) is 112 Å². The summed E-state index contributed by atoms with van der Waals surface area (Å²) in [6.45, 7) is 0. The monoisotopic (exact) mass is 209 g/mol. The molecule has 0 unspecified atom stereocenters. The summed E-state index contributed by atoms with van der Waals surface area (Å²) in [5, 5.41) is 10.5. The summed E-state index contributed by atoms with van der Waals surface area (Å²) in [4.78, 5) is 20.6. The Bertz CT molecular complexity index is 392. The minimum absolute atomic E-state index is 0.0266. The quantitative estimate of drug-likeness (QED) is 0.554. The zero-order valence-corrected chi connectivity index (χ0v) is 7.92. The van der Waals surface area contributed by atoms with E-state index in [2.05, 4.69) is 0 Å². The molecular weight excluding hydrogens is 198 g/mol. The zero-order chi connectivity index (χ0) is 11.4. The predicted octanol–water partition coefficient (Wildman–Crippen LogP) is 0.470. The molecule has 1 rings (SSSR count). The largest absolute Gasteiger partial charge is 0.370 e. The molecule has 1 aromatic rings. The van der Waals surface area contributed by atoms with Crippen LogP contribution in [0.2, 0.25) is 0 Å². The summed E-state index contributed by atoms with van der Waals surface area (Å²) in [6, 6.07) is 5.26. The maximum atomic E-state index is 10.6. The number of nitro groups is 1. The highest BCUT2D eigenvalue weighted by molar-refractivity contribution is 5.74. The summed E-state index contributed by atoms with van der Waals surface area (Å²) in [5.74, 6) is -0.533. The molecule has 0 aliphatic heterocycles. The zero-order valence-electron chi connectivity index (χ0n) is 7.92. The maximum absolute atomic E-state index is 10.6. The average molecular weight is 209 g/mol. The molecule has 0 aliphatic carbocycles. The molecule has 0 saturated carbocycles. The first-order valence-corrected chi connectivity index (χ1v) is 4.29. The van der Waals surface area contributed by atoms with Crippen molar-refractivity contribution in [1.29, 1.82) is 0 Å². The fourth-order valence-electron chi connectivity index (χ4n) is 1.20. The number of rotatable bonds is 4. The molecule has 0 radical (unpaired) electrons. The number of hydrogen-bond acceptors (Lipinski definition) is 4. The van der Waals surface area contributed by atoms with Crippen LogP contribution in [-0.2, 0) is 4.79 Å². The van der Waals surface area contributed by atoms with Crippen LogP contribution in [0, 0.1) is 10.1 Å². The van der Waals surface area contributed by atoms with Crippen molar-refractivity contribution in [3.05, 3.63) is 39.9 Å². The fraction of sp³-hybridized carbons (Fsp3) is 0.222. The first-order valence-electron chi connectivity index (χ1n) is 4.29. The third kappa shape index (κ3) is 3.03. The van der Waals surface area contributed by atoms with Crippen molar-refractivity contribution in [3.63, 3.8) is 0 Å². The van der Waals surface area contributed by atoms with E-state index in [1.807, 2.05) is 0 Å². The highest BCUT2D eigenvalue weighted by Crippen LogP contribution is 2.19. The van der Waals surface area contributed by atoms with Gasteiger partial charge in [0.2, 0.25) is 5.91 Å². The van der Waals surface area contributed by atoms with E-state index >= 15 is 0 Å². The van der Waals surface area contributed by atoms with Crippen LogP contribution in [0.1, 0.15) is 18.0 Å². The van der Waals surface area contributed by atoms with Gasteiger partial charge in [-0.2, -0.15) is 0 Å². The highest BCUT2D eigenvalue weighted by Gasteiger charge is 2.12. The Morgan fingerprint density at radius 1 is 1.53 bits per heavy atom. The molecule has 1 atom stereocenters. The number of hydrogen-bond donors (Lipinski definition) is 2. The van der Waals surface area contributed by atoms with Gasteiger partial charge in [-0.25, -0.2) is 0 Å². The van der Waals surface area contributed by atoms with Crippen molar-refractivity contribution >= 4 is 11.6 Å². The second-order valence-corrected chi connectivity index (χ2v) is 3.13. The summed E-state index contributed by atoms with van der Waals surface area (Å²) >= 11 is 0. The molecule has 6 nitrogen and oxygen atoms in total. The van der Waals surface area contributed by atoms with Crippen molar-refractivity contribution < 1.29 is 9.72 Å². The van der Waals surface area contributed by atoms with E-state index in [0.717, 1.165) is 0 Å². The SMILES string of the molecule is NC(=O)C[C@H](N)c1cccc([N+](=O)[O-])c1. The van der Waals surface area contributed by atoms with E-state index in [1.165, 1.54) is 18.2 Å². The van der Waals surface area contributed by atoms with Gasteiger partial charge in [-0.3, -0.25) is 14.9 Å². The average Bonchev–Trinajstić information content (AvgIpc) is 2.17. The van der Waals surface area contributed by atoms with Gasteiger partial charge in [0.05, 0.1) is 4.92 Å². The number of amides is 1. The van der Waals surface area contributed by atoms with Gasteiger partial charge in [-0.15, -0.1) is 0 Å². The fourth-order valence-corrected chi connectivity index (χ4v) is 1.20. The van der Waals surface area contributed by atoms with Crippen LogP contribution < -0.4 is 11.5 Å². The van der Waals surface area contributed by atoms with E-state index < -0.39 is 16.9 Å². The molecule has 15 heavy (non-hydrogen) atoms. The van der Waals surface area contributed by atoms with Gasteiger partial charge in [-0.05, 0) is 5.56 Å². The smallest absolute Gasteiger partial charge is 0.269 e. The number of non-ortho nitro benzene ring substituents is 1. The van der Waals surface area contributed by atoms with Crippen molar-refractivity contribution in [2.45, 2.75) is 12.5 Å². The number of carbonyl (C=O) groups excluding carboxylic acids is 1. The normalized spacial score (nSPS) is 12.1. The van der Waals surface area contributed by atoms with Crippen molar-refractivity contribution in [1.82, 2.24) is 0 Å². The number of nitro benzene ring substituents is 1. The maximum Gasteiger partial charge on any atom is 0.269 e. The molecule has 1 amide bonds. The second-order valence-electron chi connectivity index (χ2n) is 3.13. The number of nitrogens with zero attached hydrogens (tertiary/aromatic N) is 1. The lowest BCUT2D eigenvalue weighted by Gasteiger charge is -2.08. The van der Waals surface area contributed by atoms with Gasteiger partial charge >= 0.3 is 0 Å². The van der Waals surface area contributed by atoms with Gasteiger partial charge in [-0.1, -0.05) is 12.1 Å². The van der Waals surface area contributed by atoms with E-state index in [9.17, 15) is 14.9 Å². The van der Waals surface area contributed by atoms with Crippen LogP contribution >= 0.6 is 0 Å². The van der Waals surface area contributed by atoms with Crippen molar-refractivity contribution in [2.24, 2.45) is 11.5 Å². The summed E-state index contributed by atoms with van der Waals surface area (Å²) in [7, 11) is 0. The van der Waals surface area contributed by atoms with Gasteiger partial charge in [0.1, 0.15) is 0 Å². The minimum atomic E-state index is -0.595. The molecular formula is C9H11N3O3. The molecule has 6 heteroatoms. The number of benzene rings is 1. The Kier molecular flexibility index (Phi) is 3.35. The van der Waals surface area contributed by atoms with E-state index in [0.29, 0.717) is 5.56 Å². The number of nitrogens with two attached hydrogens (primary N) is 2. The van der Waals surface area contributed by atoms with Crippen LogP contribution in [0.25, 0.3) is 0 Å². The van der Waals surface area contributed by atoms with Gasteiger partial charge in [0.25, 0.3) is 5.69 Å². The van der Waals surface area contributed by atoms with Crippen molar-refractivity contribution in [3.8, 4) is 0 Å². The molecule has 1 aromatic carbocycles. The molecule has 0 heterocycles. The lowest BCUT2D eigenvalue weighted by molar-refractivity contribution is -0.384. The number of primary amides is 1. The molecule has 0 spiro atoms. The summed E-state index contributed by atoms with van der Waals surface area (Å²) < 4.78 is 0. The van der Waals surface area contributed by atoms with Gasteiger partial charge in [0.15, 0.2) is 0 Å². The Balaban J connectivity index is 2.89. The van der Waals surface area contributed by atoms with E-state index in [-0.39, 0.29) is 12.1 Å². The summed E-state index contributed by atoms with van der Waals surface area (Å²) in [5.41, 5.74) is 11.1. The summed E-state index contributed by atoms with van der Waals surface area (Å²) in [6.07, 6.45) is -0.0266. The Morgan fingerprint density at radius 2 is 2.20 bits per heavy atom. The third-order valence-corrected chi connectivity index (χ3v) is 1.93. The third-order valence-electron chi connectivity index (χ3n) is 1.93.